The van der Waals surface area contributed by atoms with Crippen molar-refractivity contribution in [2.75, 3.05) is 13.7 Å². The zero-order chi connectivity index (χ0) is 18.1. The van der Waals surface area contributed by atoms with E-state index in [1.165, 1.54) is 11.3 Å². The van der Waals surface area contributed by atoms with E-state index in [2.05, 4.69) is 14.9 Å². The maximum Gasteiger partial charge on any atom is 0.196 e. The van der Waals surface area contributed by atoms with Crippen LogP contribution in [0.4, 0.5) is 0 Å². The molecule has 134 valence electrons. The lowest BCUT2D eigenvalue weighted by Crippen LogP contribution is -2.30. The fourth-order valence-electron chi connectivity index (χ4n) is 3.20. The molecule has 2 aromatic heterocycles. The van der Waals surface area contributed by atoms with Crippen molar-refractivity contribution in [1.82, 2.24) is 14.9 Å². The molecule has 1 aliphatic heterocycles. The van der Waals surface area contributed by atoms with E-state index < -0.39 is 0 Å². The van der Waals surface area contributed by atoms with Crippen molar-refractivity contribution < 1.29 is 9.15 Å². The van der Waals surface area contributed by atoms with Gasteiger partial charge < -0.3 is 14.1 Å². The van der Waals surface area contributed by atoms with Gasteiger partial charge in [-0.2, -0.15) is 0 Å². The number of nitrogens with one attached hydrogen (secondary N) is 1. The molecule has 1 aliphatic rings. The van der Waals surface area contributed by atoms with E-state index in [0.717, 1.165) is 43.1 Å². The summed E-state index contributed by atoms with van der Waals surface area (Å²) in [5, 5.41) is 0.570. The van der Waals surface area contributed by atoms with Crippen molar-refractivity contribution in [3.8, 4) is 17.1 Å². The Kier molecular flexibility index (Phi) is 4.80. The lowest BCUT2D eigenvalue weighted by Gasteiger charge is -2.27. The molecule has 0 unspecified atom stereocenters. The van der Waals surface area contributed by atoms with Gasteiger partial charge in [-0.05, 0) is 42.5 Å². The first-order valence-corrected chi connectivity index (χ1v) is 9.13. The Balaban J connectivity index is 1.48. The van der Waals surface area contributed by atoms with Crippen LogP contribution in [0.15, 0.2) is 40.9 Å². The molecule has 26 heavy (non-hydrogen) atoms. The third-order valence-electron chi connectivity index (χ3n) is 4.53. The van der Waals surface area contributed by atoms with E-state index >= 15 is 0 Å². The molecule has 0 atom stereocenters. The van der Waals surface area contributed by atoms with E-state index in [1.54, 1.807) is 7.11 Å². The van der Waals surface area contributed by atoms with Crippen molar-refractivity contribution in [3.05, 3.63) is 63.3 Å². The monoisotopic (exact) mass is 387 g/mol. The number of ether oxygens (including phenoxy) is 1. The number of methoxy groups -OCH3 is 1. The molecule has 0 aliphatic carbocycles. The van der Waals surface area contributed by atoms with E-state index in [-0.39, 0.29) is 0 Å². The summed E-state index contributed by atoms with van der Waals surface area (Å²) >= 11 is 11.3. The highest BCUT2D eigenvalue weighted by atomic mass is 35.5. The number of halogens is 1. The Morgan fingerprint density at radius 1 is 1.35 bits per heavy atom. The quantitative estimate of drug-likeness (QED) is 0.662. The molecule has 5 nitrogen and oxygen atoms in total. The van der Waals surface area contributed by atoms with Crippen LogP contribution in [-0.4, -0.2) is 28.5 Å². The number of nitrogens with zero attached hydrogens (tertiary/aromatic N) is 2. The van der Waals surface area contributed by atoms with Gasteiger partial charge in [0.15, 0.2) is 4.77 Å². The highest BCUT2D eigenvalue weighted by molar-refractivity contribution is 7.71. The number of benzene rings is 1. The molecule has 1 aromatic carbocycles. The molecule has 0 saturated heterocycles. The first kappa shape index (κ1) is 17.3. The van der Waals surface area contributed by atoms with Gasteiger partial charge in [0.25, 0.3) is 0 Å². The van der Waals surface area contributed by atoms with Crippen molar-refractivity contribution in [2.24, 2.45) is 0 Å². The predicted molar refractivity (Wildman–Crippen MR) is 103 cm³/mol. The van der Waals surface area contributed by atoms with Gasteiger partial charge in [0.2, 0.25) is 0 Å². The smallest absolute Gasteiger partial charge is 0.196 e. The molecule has 7 heteroatoms. The topological polar surface area (TPSA) is 54.3 Å². The summed E-state index contributed by atoms with van der Waals surface area (Å²) in [5.74, 6) is 2.38. The number of H-pyrrole nitrogens is 1. The Hall–Kier alpha value is -2.15. The lowest BCUT2D eigenvalue weighted by atomic mass is 10.1. The molecule has 0 fully saturated rings. The number of aromatic amines is 1. The van der Waals surface area contributed by atoms with Crippen molar-refractivity contribution in [1.29, 1.82) is 0 Å². The van der Waals surface area contributed by atoms with Gasteiger partial charge in [0.1, 0.15) is 17.3 Å². The van der Waals surface area contributed by atoms with Crippen LogP contribution in [0, 0.1) is 4.77 Å². The van der Waals surface area contributed by atoms with E-state index in [1.807, 2.05) is 36.5 Å². The molecular formula is C19H18ClN3O2S. The minimum Gasteiger partial charge on any atom is -0.495 e. The number of hydrogen-bond acceptors (Lipinski definition) is 5. The molecule has 0 amide bonds. The molecule has 3 aromatic rings. The highest BCUT2D eigenvalue weighted by Gasteiger charge is 2.18. The Labute approximate surface area is 161 Å². The van der Waals surface area contributed by atoms with Crippen LogP contribution in [0.25, 0.3) is 11.3 Å². The molecule has 0 radical (unpaired) electrons. The molecular weight excluding hydrogens is 370 g/mol. The molecule has 0 bridgehead atoms. The van der Waals surface area contributed by atoms with Crippen LogP contribution in [0.3, 0.4) is 0 Å². The summed E-state index contributed by atoms with van der Waals surface area (Å²) in [6.45, 7) is 2.53. The zero-order valence-electron chi connectivity index (χ0n) is 14.3. The van der Waals surface area contributed by atoms with Crippen LogP contribution in [0.5, 0.6) is 5.75 Å². The first-order chi connectivity index (χ1) is 12.6. The number of hydrogen-bond donors (Lipinski definition) is 1. The summed E-state index contributed by atoms with van der Waals surface area (Å²) in [6, 6.07) is 9.63. The second-order valence-electron chi connectivity index (χ2n) is 6.27. The van der Waals surface area contributed by atoms with Crippen LogP contribution in [0.2, 0.25) is 5.02 Å². The third-order valence-corrected chi connectivity index (χ3v) is 5.04. The van der Waals surface area contributed by atoms with Gasteiger partial charge in [-0.1, -0.05) is 11.6 Å². The summed E-state index contributed by atoms with van der Waals surface area (Å²) < 4.78 is 11.8. The SMILES string of the molecule is COc1ccc(-c2ccc(CN3CCc4[nH]c(=S)ncc4C3)o2)cc1Cl. The molecule has 0 spiro atoms. The molecule has 0 saturated carbocycles. The maximum absolute atomic E-state index is 6.21. The van der Waals surface area contributed by atoms with Crippen LogP contribution in [-0.2, 0) is 19.5 Å². The van der Waals surface area contributed by atoms with Gasteiger partial charge in [-0.3, -0.25) is 4.90 Å². The Morgan fingerprint density at radius 3 is 3.04 bits per heavy atom. The van der Waals surface area contributed by atoms with Gasteiger partial charge in [-0.25, -0.2) is 4.98 Å². The molecule has 4 rings (SSSR count). The summed E-state index contributed by atoms with van der Waals surface area (Å²) in [7, 11) is 1.60. The van der Waals surface area contributed by atoms with E-state index in [0.29, 0.717) is 15.5 Å². The Bertz CT molecular complexity index is 998. The minimum atomic E-state index is 0.547. The summed E-state index contributed by atoms with van der Waals surface area (Å²) in [6.07, 6.45) is 2.80. The highest BCUT2D eigenvalue weighted by Crippen LogP contribution is 2.31. The maximum atomic E-state index is 6.21. The van der Waals surface area contributed by atoms with Gasteiger partial charge in [-0.15, -0.1) is 0 Å². The average molecular weight is 388 g/mol. The van der Waals surface area contributed by atoms with Crippen LogP contribution >= 0.6 is 23.8 Å². The largest absolute Gasteiger partial charge is 0.495 e. The van der Waals surface area contributed by atoms with E-state index in [4.69, 9.17) is 33.0 Å². The molecule has 3 heterocycles. The number of furan rings is 1. The lowest BCUT2D eigenvalue weighted by molar-refractivity contribution is 0.224. The number of fused-ring (bicyclic) bond motifs is 1. The average Bonchev–Trinajstić information content (AvgIpc) is 3.10. The molecule has 1 N–H and O–H groups in total. The van der Waals surface area contributed by atoms with Crippen molar-refractivity contribution in [3.63, 3.8) is 0 Å². The van der Waals surface area contributed by atoms with Gasteiger partial charge >= 0.3 is 0 Å². The van der Waals surface area contributed by atoms with Crippen LogP contribution in [0.1, 0.15) is 17.0 Å². The second kappa shape index (κ2) is 7.23. The fraction of sp³-hybridized carbons (Fsp3) is 0.263. The third kappa shape index (κ3) is 3.53. The van der Waals surface area contributed by atoms with E-state index in [9.17, 15) is 0 Å². The fourth-order valence-corrected chi connectivity index (χ4v) is 3.63. The van der Waals surface area contributed by atoms with Gasteiger partial charge in [0.05, 0.1) is 18.7 Å². The Morgan fingerprint density at radius 2 is 2.23 bits per heavy atom. The summed E-state index contributed by atoms with van der Waals surface area (Å²) in [4.78, 5) is 9.71. The first-order valence-electron chi connectivity index (χ1n) is 8.34. The predicted octanol–water partition coefficient (Wildman–Crippen LogP) is 4.62. The second-order valence-corrected chi connectivity index (χ2v) is 7.06. The van der Waals surface area contributed by atoms with Gasteiger partial charge in [0, 0.05) is 42.5 Å². The normalized spacial score (nSPS) is 14.2. The summed E-state index contributed by atoms with van der Waals surface area (Å²) in [5.41, 5.74) is 3.32. The standard InChI is InChI=1S/C19H18ClN3O2S/c1-24-18-4-2-12(8-15(18)20)17-5-3-14(25-17)11-23-7-6-16-13(10-23)9-21-19(26)22-16/h2-5,8-9H,6-7,10-11H2,1H3,(H,21,22,26). The van der Waals surface area contributed by atoms with Crippen LogP contribution < -0.4 is 4.74 Å². The number of rotatable bonds is 4. The minimum absolute atomic E-state index is 0.547. The number of aromatic nitrogens is 2. The van der Waals surface area contributed by atoms with Crippen molar-refractivity contribution in [2.45, 2.75) is 19.5 Å². The zero-order valence-corrected chi connectivity index (χ0v) is 15.9. The van der Waals surface area contributed by atoms with Crippen molar-refractivity contribution >= 4 is 23.8 Å².